The molecule has 6 nitrogen and oxygen atoms in total. The van der Waals surface area contributed by atoms with Gasteiger partial charge in [0.05, 0.1) is 12.7 Å². The van der Waals surface area contributed by atoms with Gasteiger partial charge in [-0.1, -0.05) is 26.0 Å². The average Bonchev–Trinajstić information content (AvgIpc) is 3.24. The Balaban J connectivity index is 1.76. The molecule has 1 fully saturated rings. The summed E-state index contributed by atoms with van der Waals surface area (Å²) in [6.45, 7) is 5.99. The van der Waals surface area contributed by atoms with Crippen LogP contribution in [-0.2, 0) is 19.1 Å². The summed E-state index contributed by atoms with van der Waals surface area (Å²) in [6.07, 6.45) is 4.94. The van der Waals surface area contributed by atoms with E-state index in [1.807, 2.05) is 19.1 Å². The lowest BCUT2D eigenvalue weighted by molar-refractivity contribution is -0.151. The largest absolute Gasteiger partial charge is 0.465 e. The van der Waals surface area contributed by atoms with Crippen molar-refractivity contribution in [2.24, 2.45) is 16.3 Å². The van der Waals surface area contributed by atoms with Crippen LogP contribution in [0.15, 0.2) is 40.5 Å². The summed E-state index contributed by atoms with van der Waals surface area (Å²) in [4.78, 5) is 43.3. The molecule has 1 aromatic rings. The summed E-state index contributed by atoms with van der Waals surface area (Å²) in [5.41, 5.74) is 3.13. The first-order valence-corrected chi connectivity index (χ1v) is 11.4. The van der Waals surface area contributed by atoms with Crippen LogP contribution in [0.5, 0.6) is 0 Å². The predicted octanol–water partition coefficient (Wildman–Crippen LogP) is 4.78. The molecule has 0 N–H and O–H groups in total. The maximum atomic E-state index is 13.4. The van der Waals surface area contributed by atoms with Crippen molar-refractivity contribution in [3.63, 3.8) is 0 Å². The fourth-order valence-electron chi connectivity index (χ4n) is 5.30. The van der Waals surface area contributed by atoms with Gasteiger partial charge in [0.1, 0.15) is 12.0 Å². The number of aliphatic imine (C=N–C) groups is 1. The Morgan fingerprint density at radius 1 is 1.06 bits per heavy atom. The lowest BCUT2D eigenvalue weighted by atomic mass is 9.67. The van der Waals surface area contributed by atoms with Crippen LogP contribution in [-0.4, -0.2) is 36.6 Å². The first-order chi connectivity index (χ1) is 15.2. The Morgan fingerprint density at radius 3 is 2.34 bits per heavy atom. The van der Waals surface area contributed by atoms with Crippen LogP contribution in [0.3, 0.4) is 0 Å². The second kappa shape index (κ2) is 8.64. The first-order valence-electron chi connectivity index (χ1n) is 11.4. The monoisotopic (exact) mass is 437 g/mol. The van der Waals surface area contributed by atoms with E-state index >= 15 is 0 Å². The number of rotatable bonds is 4. The van der Waals surface area contributed by atoms with E-state index in [1.54, 1.807) is 12.1 Å². The molecule has 6 heteroatoms. The zero-order valence-electron chi connectivity index (χ0n) is 19.3. The quantitative estimate of drug-likeness (QED) is 0.634. The van der Waals surface area contributed by atoms with Crippen molar-refractivity contribution >= 4 is 23.4 Å². The molecule has 0 spiro atoms. The van der Waals surface area contributed by atoms with Crippen LogP contribution < -0.4 is 0 Å². The van der Waals surface area contributed by atoms with Gasteiger partial charge < -0.3 is 9.47 Å². The van der Waals surface area contributed by atoms with Gasteiger partial charge in [-0.25, -0.2) is 4.79 Å². The third-order valence-electron chi connectivity index (χ3n) is 6.83. The number of Topliss-reactive ketones (excluding diaryl/α,β-unsaturated/α-hetero) is 1. The summed E-state index contributed by atoms with van der Waals surface area (Å²) in [5.74, 6) is -1.82. The number of hydrogen-bond acceptors (Lipinski definition) is 6. The van der Waals surface area contributed by atoms with Crippen molar-refractivity contribution < 1.29 is 23.9 Å². The number of carbonyl (C=O) groups is 3. The van der Waals surface area contributed by atoms with Crippen molar-refractivity contribution in [1.82, 2.24) is 0 Å². The Kier molecular flexibility index (Phi) is 6.06. The normalized spacial score (nSPS) is 25.2. The number of benzene rings is 1. The van der Waals surface area contributed by atoms with Crippen LogP contribution in [0.4, 0.5) is 0 Å². The first kappa shape index (κ1) is 22.4. The summed E-state index contributed by atoms with van der Waals surface area (Å²) >= 11 is 0. The molecule has 170 valence electrons. The second-order valence-electron chi connectivity index (χ2n) is 9.97. The van der Waals surface area contributed by atoms with E-state index in [0.717, 1.165) is 36.9 Å². The van der Waals surface area contributed by atoms with Gasteiger partial charge >= 0.3 is 11.9 Å². The molecule has 2 atom stereocenters. The highest BCUT2D eigenvalue weighted by molar-refractivity contribution is 6.09. The average molecular weight is 438 g/mol. The number of hydrogen-bond donors (Lipinski definition) is 0. The van der Waals surface area contributed by atoms with E-state index in [4.69, 9.17) is 14.5 Å². The molecule has 1 aliphatic heterocycles. The number of esters is 2. The van der Waals surface area contributed by atoms with Gasteiger partial charge in [0.25, 0.3) is 0 Å². The number of ketones is 1. The van der Waals surface area contributed by atoms with Gasteiger partial charge in [0.2, 0.25) is 0 Å². The maximum absolute atomic E-state index is 13.4. The van der Waals surface area contributed by atoms with Gasteiger partial charge in [-0.2, -0.15) is 0 Å². The van der Waals surface area contributed by atoms with Gasteiger partial charge in [-0.15, -0.1) is 0 Å². The molecule has 2 aliphatic carbocycles. The summed E-state index contributed by atoms with van der Waals surface area (Å²) in [7, 11) is 1.34. The Labute approximate surface area is 189 Å². The summed E-state index contributed by atoms with van der Waals surface area (Å²) < 4.78 is 10.7. The SMILES string of the molecule is COC(=O)c1ccc([C@@H]2C3=C(CC(C)(C)CC3=O)N=C(C)C2C(=O)OC2CCCC2)cc1. The minimum Gasteiger partial charge on any atom is -0.465 e. The van der Waals surface area contributed by atoms with Gasteiger partial charge in [0.15, 0.2) is 5.78 Å². The molecule has 0 aromatic heterocycles. The van der Waals surface area contributed by atoms with Crippen molar-refractivity contribution in [2.75, 3.05) is 7.11 Å². The highest BCUT2D eigenvalue weighted by atomic mass is 16.5. The highest BCUT2D eigenvalue weighted by Crippen LogP contribution is 2.48. The zero-order valence-corrected chi connectivity index (χ0v) is 19.3. The molecular formula is C26H31NO5. The molecule has 0 bridgehead atoms. The van der Waals surface area contributed by atoms with Crippen LogP contribution in [0.1, 0.15) is 81.1 Å². The molecular weight excluding hydrogens is 406 g/mol. The topological polar surface area (TPSA) is 82.0 Å². The van der Waals surface area contributed by atoms with Crippen molar-refractivity contribution in [3.8, 4) is 0 Å². The van der Waals surface area contributed by atoms with Crippen LogP contribution in [0.2, 0.25) is 0 Å². The minimum absolute atomic E-state index is 0.0354. The van der Waals surface area contributed by atoms with Crippen molar-refractivity contribution in [3.05, 3.63) is 46.7 Å². The zero-order chi connectivity index (χ0) is 23.0. The van der Waals surface area contributed by atoms with E-state index in [1.165, 1.54) is 7.11 Å². The van der Waals surface area contributed by atoms with E-state index in [2.05, 4.69) is 13.8 Å². The van der Waals surface area contributed by atoms with Gasteiger partial charge in [0, 0.05) is 29.3 Å². The second-order valence-corrected chi connectivity index (χ2v) is 9.97. The van der Waals surface area contributed by atoms with Crippen LogP contribution in [0.25, 0.3) is 0 Å². The third kappa shape index (κ3) is 4.27. The molecule has 4 rings (SSSR count). The highest BCUT2D eigenvalue weighted by Gasteiger charge is 2.46. The molecule has 32 heavy (non-hydrogen) atoms. The number of allylic oxidation sites excluding steroid dienone is 2. The number of nitrogens with zero attached hydrogens (tertiary/aromatic N) is 1. The molecule has 1 saturated carbocycles. The van der Waals surface area contributed by atoms with E-state index in [9.17, 15) is 14.4 Å². The van der Waals surface area contributed by atoms with Crippen LogP contribution >= 0.6 is 0 Å². The molecule has 0 saturated heterocycles. The molecule has 1 aromatic carbocycles. The van der Waals surface area contributed by atoms with E-state index < -0.39 is 17.8 Å². The van der Waals surface area contributed by atoms with Crippen molar-refractivity contribution in [2.45, 2.75) is 71.3 Å². The standard InChI is InChI=1S/C26H31NO5/c1-15-21(25(30)32-18-7-5-6-8-18)22(16-9-11-17(12-10-16)24(29)31-4)23-19(27-15)13-26(2,3)14-20(23)28/h9-12,18,21-22H,5-8,13-14H2,1-4H3/t21?,22-/m0/s1. The Hall–Kier alpha value is -2.76. The lowest BCUT2D eigenvalue weighted by Crippen LogP contribution is -2.40. The Bertz CT molecular complexity index is 996. The molecule has 0 radical (unpaired) electrons. The molecule has 0 amide bonds. The van der Waals surface area contributed by atoms with Gasteiger partial charge in [-0.3, -0.25) is 14.6 Å². The molecule has 1 heterocycles. The fraction of sp³-hybridized carbons (Fsp3) is 0.538. The number of methoxy groups -OCH3 is 1. The number of carbonyl (C=O) groups excluding carboxylic acids is 3. The maximum Gasteiger partial charge on any atom is 0.337 e. The Morgan fingerprint density at radius 2 is 1.72 bits per heavy atom. The number of ether oxygens (including phenoxy) is 2. The molecule has 1 unspecified atom stereocenters. The predicted molar refractivity (Wildman–Crippen MR) is 121 cm³/mol. The van der Waals surface area contributed by atoms with E-state index in [0.29, 0.717) is 29.7 Å². The van der Waals surface area contributed by atoms with Crippen LogP contribution in [0, 0.1) is 11.3 Å². The lowest BCUT2D eigenvalue weighted by Gasteiger charge is -2.39. The van der Waals surface area contributed by atoms with Gasteiger partial charge in [-0.05, 0) is 62.1 Å². The smallest absolute Gasteiger partial charge is 0.337 e. The molecule has 3 aliphatic rings. The summed E-state index contributed by atoms with van der Waals surface area (Å²) in [6, 6.07) is 6.98. The van der Waals surface area contributed by atoms with E-state index in [-0.39, 0.29) is 23.3 Å². The fourth-order valence-corrected chi connectivity index (χ4v) is 5.30. The van der Waals surface area contributed by atoms with Crippen molar-refractivity contribution in [1.29, 1.82) is 0 Å². The summed E-state index contributed by atoms with van der Waals surface area (Å²) in [5, 5.41) is 0. The minimum atomic E-state index is -0.650. The third-order valence-corrected chi connectivity index (χ3v) is 6.83.